The third-order valence-corrected chi connectivity index (χ3v) is 4.19. The number of carbonyl (C=O) groups is 1. The smallest absolute Gasteiger partial charge is 0.268 e. The maximum Gasteiger partial charge on any atom is 0.268 e. The zero-order chi connectivity index (χ0) is 16.6. The van der Waals surface area contributed by atoms with Gasteiger partial charge in [0, 0.05) is 25.8 Å². The van der Waals surface area contributed by atoms with Crippen molar-refractivity contribution < 1.29 is 4.79 Å². The van der Waals surface area contributed by atoms with Gasteiger partial charge in [-0.05, 0) is 50.6 Å². The molecule has 1 amide bonds. The van der Waals surface area contributed by atoms with Gasteiger partial charge in [-0.1, -0.05) is 6.07 Å². The van der Waals surface area contributed by atoms with E-state index >= 15 is 0 Å². The van der Waals surface area contributed by atoms with E-state index in [9.17, 15) is 4.79 Å². The van der Waals surface area contributed by atoms with Gasteiger partial charge in [-0.3, -0.25) is 4.79 Å². The lowest BCUT2D eigenvalue weighted by atomic mass is 10.2. The molecule has 1 N–H and O–H groups in total. The first kappa shape index (κ1) is 15.3. The molecule has 0 saturated heterocycles. The minimum absolute atomic E-state index is 0.0546. The average Bonchev–Trinajstić information content (AvgIpc) is 3.11. The lowest BCUT2D eigenvalue weighted by Crippen LogP contribution is -2.25. The summed E-state index contributed by atoms with van der Waals surface area (Å²) in [7, 11) is 2.01. The van der Waals surface area contributed by atoms with E-state index in [1.807, 2.05) is 55.1 Å². The zero-order valence-electron chi connectivity index (χ0n) is 14.0. The molecular formula is C18H22N4O. The molecule has 23 heavy (non-hydrogen) atoms. The Labute approximate surface area is 135 Å². The summed E-state index contributed by atoms with van der Waals surface area (Å²) in [5.74, 6) is 0.928. The molecule has 5 heteroatoms. The van der Waals surface area contributed by atoms with Crippen molar-refractivity contribution in [1.82, 2.24) is 19.4 Å². The third kappa shape index (κ3) is 2.86. The Morgan fingerprint density at radius 3 is 2.83 bits per heavy atom. The van der Waals surface area contributed by atoms with Gasteiger partial charge in [0.1, 0.15) is 11.5 Å². The predicted octanol–water partition coefficient (Wildman–Crippen LogP) is 3.19. The summed E-state index contributed by atoms with van der Waals surface area (Å²) in [6, 6.07) is 10.1. The number of nitrogens with zero attached hydrogens (tertiary/aromatic N) is 3. The van der Waals surface area contributed by atoms with Crippen molar-refractivity contribution >= 4 is 16.9 Å². The molecule has 1 aromatic carbocycles. The lowest BCUT2D eigenvalue weighted by Gasteiger charge is -2.13. The van der Waals surface area contributed by atoms with E-state index in [1.54, 1.807) is 0 Å². The number of hydrogen-bond acceptors (Lipinski definition) is 2. The highest BCUT2D eigenvalue weighted by molar-refractivity contribution is 5.92. The number of rotatable bonds is 4. The van der Waals surface area contributed by atoms with Crippen LogP contribution in [-0.2, 0) is 13.6 Å². The topological polar surface area (TPSA) is 51.9 Å². The summed E-state index contributed by atoms with van der Waals surface area (Å²) in [5.41, 5.74) is 3.80. The molecule has 3 aromatic rings. The highest BCUT2D eigenvalue weighted by Gasteiger charge is 2.12. The Kier molecular flexibility index (Phi) is 3.94. The van der Waals surface area contributed by atoms with Gasteiger partial charge in [0.2, 0.25) is 0 Å². The van der Waals surface area contributed by atoms with Gasteiger partial charge < -0.3 is 14.5 Å². The highest BCUT2D eigenvalue weighted by Crippen LogP contribution is 2.16. The molecule has 0 aliphatic heterocycles. The summed E-state index contributed by atoms with van der Waals surface area (Å²) in [6.07, 6.45) is 1.93. The monoisotopic (exact) mass is 310 g/mol. The molecule has 0 aliphatic carbocycles. The normalized spacial score (nSPS) is 11.3. The zero-order valence-corrected chi connectivity index (χ0v) is 14.0. The lowest BCUT2D eigenvalue weighted by molar-refractivity contribution is 0.0940. The van der Waals surface area contributed by atoms with E-state index in [2.05, 4.69) is 28.7 Å². The van der Waals surface area contributed by atoms with E-state index in [-0.39, 0.29) is 11.9 Å². The van der Waals surface area contributed by atoms with Crippen LogP contribution in [0.2, 0.25) is 0 Å². The number of aromatic nitrogens is 3. The maximum absolute atomic E-state index is 12.4. The fourth-order valence-electron chi connectivity index (χ4n) is 2.79. The van der Waals surface area contributed by atoms with Crippen LogP contribution in [0.5, 0.6) is 0 Å². The van der Waals surface area contributed by atoms with Crippen LogP contribution in [0.15, 0.2) is 36.5 Å². The maximum atomic E-state index is 12.4. The highest BCUT2D eigenvalue weighted by atomic mass is 16.1. The summed E-state index contributed by atoms with van der Waals surface area (Å²) in [5, 5.41) is 2.99. The Balaban J connectivity index is 1.75. The number of imidazole rings is 1. The van der Waals surface area contributed by atoms with Gasteiger partial charge in [0.05, 0.1) is 11.0 Å². The third-order valence-electron chi connectivity index (χ3n) is 4.19. The number of carbonyl (C=O) groups excluding carboxylic acids is 1. The van der Waals surface area contributed by atoms with E-state index in [0.717, 1.165) is 22.4 Å². The largest absolute Gasteiger partial charge is 0.347 e. The quantitative estimate of drug-likeness (QED) is 0.804. The molecule has 0 radical (unpaired) electrons. The van der Waals surface area contributed by atoms with Gasteiger partial charge in [-0.15, -0.1) is 0 Å². The number of benzene rings is 1. The van der Waals surface area contributed by atoms with Gasteiger partial charge in [0.25, 0.3) is 5.91 Å². The Hall–Kier alpha value is -2.56. The van der Waals surface area contributed by atoms with Crippen LogP contribution in [0, 0.1) is 6.92 Å². The number of aryl methyl sites for hydroxylation is 2. The summed E-state index contributed by atoms with van der Waals surface area (Å²) in [4.78, 5) is 16.9. The van der Waals surface area contributed by atoms with E-state index in [1.165, 1.54) is 0 Å². The number of fused-ring (bicyclic) bond motifs is 1. The van der Waals surface area contributed by atoms with Gasteiger partial charge in [0.15, 0.2) is 0 Å². The number of nitrogens with one attached hydrogen (secondary N) is 1. The first-order valence-corrected chi connectivity index (χ1v) is 7.84. The van der Waals surface area contributed by atoms with Crippen molar-refractivity contribution in [2.24, 2.45) is 7.05 Å². The van der Waals surface area contributed by atoms with Crippen LogP contribution in [0.3, 0.4) is 0 Å². The van der Waals surface area contributed by atoms with Gasteiger partial charge >= 0.3 is 0 Å². The Bertz CT molecular complexity index is 857. The van der Waals surface area contributed by atoms with Gasteiger partial charge in [-0.25, -0.2) is 4.98 Å². The molecule has 5 nitrogen and oxygen atoms in total. The minimum Gasteiger partial charge on any atom is -0.347 e. The molecular weight excluding hydrogens is 288 g/mol. The molecule has 3 rings (SSSR count). The van der Waals surface area contributed by atoms with Crippen molar-refractivity contribution in [3.05, 3.63) is 53.6 Å². The average molecular weight is 310 g/mol. The second-order valence-electron chi connectivity index (χ2n) is 6.12. The molecule has 2 aromatic heterocycles. The Morgan fingerprint density at radius 2 is 2.09 bits per heavy atom. The summed E-state index contributed by atoms with van der Waals surface area (Å²) in [6.45, 7) is 6.61. The van der Waals surface area contributed by atoms with Crippen molar-refractivity contribution in [2.75, 3.05) is 0 Å². The molecule has 0 bridgehead atoms. The van der Waals surface area contributed by atoms with Crippen LogP contribution in [0.4, 0.5) is 0 Å². The second kappa shape index (κ2) is 5.91. The molecule has 0 fully saturated rings. The number of hydrogen-bond donors (Lipinski definition) is 1. The number of amides is 1. The van der Waals surface area contributed by atoms with Crippen molar-refractivity contribution in [2.45, 2.75) is 33.4 Å². The van der Waals surface area contributed by atoms with E-state index in [0.29, 0.717) is 12.2 Å². The summed E-state index contributed by atoms with van der Waals surface area (Å²) >= 11 is 0. The molecule has 0 spiro atoms. The first-order valence-electron chi connectivity index (χ1n) is 7.84. The molecule has 0 atom stereocenters. The minimum atomic E-state index is -0.0546. The first-order chi connectivity index (χ1) is 11.0. The Morgan fingerprint density at radius 1 is 1.30 bits per heavy atom. The molecule has 2 heterocycles. The van der Waals surface area contributed by atoms with E-state index in [4.69, 9.17) is 0 Å². The van der Waals surface area contributed by atoms with Crippen molar-refractivity contribution in [1.29, 1.82) is 0 Å². The predicted molar refractivity (Wildman–Crippen MR) is 91.4 cm³/mol. The van der Waals surface area contributed by atoms with Crippen molar-refractivity contribution in [3.63, 3.8) is 0 Å². The van der Waals surface area contributed by atoms with Crippen LogP contribution in [0.1, 0.15) is 41.8 Å². The van der Waals surface area contributed by atoms with Crippen LogP contribution < -0.4 is 5.32 Å². The molecule has 120 valence electrons. The fraction of sp³-hybridized carbons (Fsp3) is 0.333. The SMILES string of the molecule is Cc1nc2cc(CNC(=O)c3cccn3C(C)C)ccc2n1C. The van der Waals surface area contributed by atoms with Crippen LogP contribution >= 0.6 is 0 Å². The second-order valence-corrected chi connectivity index (χ2v) is 6.12. The molecule has 0 unspecified atom stereocenters. The van der Waals surface area contributed by atoms with Crippen LogP contribution in [-0.4, -0.2) is 20.0 Å². The van der Waals surface area contributed by atoms with Gasteiger partial charge in [-0.2, -0.15) is 0 Å². The molecule has 0 saturated carbocycles. The van der Waals surface area contributed by atoms with Crippen molar-refractivity contribution in [3.8, 4) is 0 Å². The fourth-order valence-corrected chi connectivity index (χ4v) is 2.79. The van der Waals surface area contributed by atoms with E-state index < -0.39 is 0 Å². The summed E-state index contributed by atoms with van der Waals surface area (Å²) < 4.78 is 4.04. The standard InChI is InChI=1S/C18H22N4O/c1-12(2)22-9-5-6-17(22)18(23)19-11-14-7-8-16-15(10-14)20-13(3)21(16)4/h5-10,12H,11H2,1-4H3,(H,19,23). The van der Waals surface area contributed by atoms with Crippen LogP contribution in [0.25, 0.3) is 11.0 Å². The molecule has 0 aliphatic rings.